The number of anilines is 1. The highest BCUT2D eigenvalue weighted by Gasteiger charge is 2.35. The van der Waals surface area contributed by atoms with Gasteiger partial charge in [0, 0.05) is 37.9 Å². The molecule has 1 fully saturated rings. The van der Waals surface area contributed by atoms with Crippen LogP contribution in [0.15, 0.2) is 24.3 Å². The fraction of sp³-hybridized carbons (Fsp3) is 0.562. The van der Waals surface area contributed by atoms with E-state index >= 15 is 0 Å². The largest absolute Gasteiger partial charge is 0.494 e. The van der Waals surface area contributed by atoms with Crippen LogP contribution in [0, 0.1) is 0 Å². The van der Waals surface area contributed by atoms with E-state index in [0.717, 1.165) is 37.6 Å². The van der Waals surface area contributed by atoms with Crippen LogP contribution >= 0.6 is 0 Å². The number of benzene rings is 1. The van der Waals surface area contributed by atoms with Crippen molar-refractivity contribution < 1.29 is 9.53 Å². The van der Waals surface area contributed by atoms with E-state index in [4.69, 9.17) is 4.74 Å². The first-order valence-corrected chi connectivity index (χ1v) is 7.54. The van der Waals surface area contributed by atoms with Gasteiger partial charge in [-0.2, -0.15) is 0 Å². The first kappa shape index (κ1) is 15.8. The first-order valence-electron chi connectivity index (χ1n) is 7.54. The number of amides is 1. The third-order valence-corrected chi connectivity index (χ3v) is 3.87. The number of carbonyl (C=O) groups is 1. The summed E-state index contributed by atoms with van der Waals surface area (Å²) in [7, 11) is 0. The van der Waals surface area contributed by atoms with Crippen LogP contribution in [0.4, 0.5) is 5.69 Å². The molecule has 1 amide bonds. The second kappa shape index (κ2) is 6.91. The summed E-state index contributed by atoms with van der Waals surface area (Å²) in [5.74, 6) is 0.785. The molecule has 1 aromatic rings. The Kier molecular flexibility index (Phi) is 5.20. The Morgan fingerprint density at radius 1 is 1.38 bits per heavy atom. The molecule has 5 heteroatoms. The number of carbonyl (C=O) groups excluding carboxylic acids is 1. The molecule has 116 valence electrons. The SMILES string of the molecule is CCOc1cccc(NC(=O)C(C)(C)N2CCNCC2)c1. The molecule has 21 heavy (non-hydrogen) atoms. The highest BCUT2D eigenvalue weighted by Crippen LogP contribution is 2.21. The molecule has 0 saturated carbocycles. The topological polar surface area (TPSA) is 53.6 Å². The van der Waals surface area contributed by atoms with Gasteiger partial charge in [-0.25, -0.2) is 0 Å². The summed E-state index contributed by atoms with van der Waals surface area (Å²) in [6.45, 7) is 10.1. The highest BCUT2D eigenvalue weighted by atomic mass is 16.5. The van der Waals surface area contributed by atoms with Crippen molar-refractivity contribution in [2.45, 2.75) is 26.3 Å². The monoisotopic (exact) mass is 291 g/mol. The van der Waals surface area contributed by atoms with Gasteiger partial charge >= 0.3 is 0 Å². The minimum absolute atomic E-state index is 0.0121. The lowest BCUT2D eigenvalue weighted by molar-refractivity contribution is -0.126. The number of piperazine rings is 1. The van der Waals surface area contributed by atoms with Crippen LogP contribution in [0.5, 0.6) is 5.75 Å². The average molecular weight is 291 g/mol. The molecule has 0 bridgehead atoms. The van der Waals surface area contributed by atoms with Crippen LogP contribution in [-0.4, -0.2) is 49.1 Å². The number of hydrogen-bond donors (Lipinski definition) is 2. The number of nitrogens with one attached hydrogen (secondary N) is 2. The number of nitrogens with zero attached hydrogens (tertiary/aromatic N) is 1. The Bertz CT molecular complexity index is 482. The fourth-order valence-corrected chi connectivity index (χ4v) is 2.48. The normalized spacial score (nSPS) is 16.5. The van der Waals surface area contributed by atoms with Gasteiger partial charge in [-0.3, -0.25) is 9.69 Å². The zero-order valence-corrected chi connectivity index (χ0v) is 13.1. The van der Waals surface area contributed by atoms with E-state index in [-0.39, 0.29) is 5.91 Å². The summed E-state index contributed by atoms with van der Waals surface area (Å²) < 4.78 is 5.46. The minimum Gasteiger partial charge on any atom is -0.494 e. The van der Waals surface area contributed by atoms with Crippen molar-refractivity contribution in [1.82, 2.24) is 10.2 Å². The lowest BCUT2D eigenvalue weighted by atomic mass is 10.0. The maximum absolute atomic E-state index is 12.6. The van der Waals surface area contributed by atoms with Crippen LogP contribution in [0.2, 0.25) is 0 Å². The molecular formula is C16H25N3O2. The van der Waals surface area contributed by atoms with Crippen LogP contribution in [0.25, 0.3) is 0 Å². The quantitative estimate of drug-likeness (QED) is 0.867. The lowest BCUT2D eigenvalue weighted by Crippen LogP contribution is -2.58. The van der Waals surface area contributed by atoms with E-state index in [2.05, 4.69) is 15.5 Å². The number of rotatable bonds is 5. The second-order valence-electron chi connectivity index (χ2n) is 5.71. The molecule has 0 spiro atoms. The van der Waals surface area contributed by atoms with Gasteiger partial charge in [-0.1, -0.05) is 6.07 Å². The molecule has 1 heterocycles. The van der Waals surface area contributed by atoms with E-state index in [0.29, 0.717) is 6.61 Å². The molecule has 1 aliphatic heterocycles. The van der Waals surface area contributed by atoms with Crippen LogP contribution in [0.1, 0.15) is 20.8 Å². The predicted octanol–water partition coefficient (Wildman–Crippen LogP) is 1.71. The molecule has 2 N–H and O–H groups in total. The van der Waals surface area contributed by atoms with Gasteiger partial charge in [0.2, 0.25) is 5.91 Å². The van der Waals surface area contributed by atoms with Crippen LogP contribution < -0.4 is 15.4 Å². The molecular weight excluding hydrogens is 266 g/mol. The Hall–Kier alpha value is -1.59. The minimum atomic E-state index is -0.524. The molecule has 5 nitrogen and oxygen atoms in total. The maximum atomic E-state index is 12.6. The van der Waals surface area contributed by atoms with Crippen molar-refractivity contribution in [2.75, 3.05) is 38.1 Å². The maximum Gasteiger partial charge on any atom is 0.244 e. The van der Waals surface area contributed by atoms with Gasteiger partial charge in [0.1, 0.15) is 5.75 Å². The molecule has 1 aliphatic rings. The number of ether oxygens (including phenoxy) is 1. The fourth-order valence-electron chi connectivity index (χ4n) is 2.48. The molecule has 1 aromatic carbocycles. The summed E-state index contributed by atoms with van der Waals surface area (Å²) in [4.78, 5) is 14.8. The second-order valence-corrected chi connectivity index (χ2v) is 5.71. The lowest BCUT2D eigenvalue weighted by Gasteiger charge is -2.39. The van der Waals surface area contributed by atoms with Gasteiger partial charge in [-0.05, 0) is 32.9 Å². The summed E-state index contributed by atoms with van der Waals surface area (Å²) >= 11 is 0. The predicted molar refractivity (Wildman–Crippen MR) is 84.8 cm³/mol. The highest BCUT2D eigenvalue weighted by molar-refractivity contribution is 5.97. The van der Waals surface area contributed by atoms with Gasteiger partial charge in [0.25, 0.3) is 0 Å². The van der Waals surface area contributed by atoms with Crippen molar-refractivity contribution >= 4 is 11.6 Å². The standard InChI is InChI=1S/C16H25N3O2/c1-4-21-14-7-5-6-13(12-14)18-15(20)16(2,3)19-10-8-17-9-11-19/h5-7,12,17H,4,8-11H2,1-3H3,(H,18,20). The smallest absolute Gasteiger partial charge is 0.244 e. The van der Waals surface area contributed by atoms with Crippen molar-refractivity contribution in [3.8, 4) is 5.75 Å². The van der Waals surface area contributed by atoms with Crippen molar-refractivity contribution in [2.24, 2.45) is 0 Å². The Morgan fingerprint density at radius 2 is 2.10 bits per heavy atom. The van der Waals surface area contributed by atoms with E-state index < -0.39 is 5.54 Å². The van der Waals surface area contributed by atoms with Gasteiger partial charge < -0.3 is 15.4 Å². The van der Waals surface area contributed by atoms with Crippen molar-refractivity contribution in [3.05, 3.63) is 24.3 Å². The average Bonchev–Trinajstić information content (AvgIpc) is 2.49. The molecule has 0 unspecified atom stereocenters. The first-order chi connectivity index (χ1) is 10.0. The van der Waals surface area contributed by atoms with Crippen molar-refractivity contribution in [1.29, 1.82) is 0 Å². The van der Waals surface area contributed by atoms with E-state index in [1.54, 1.807) is 0 Å². The molecule has 0 radical (unpaired) electrons. The Morgan fingerprint density at radius 3 is 2.76 bits per heavy atom. The Labute approximate surface area is 126 Å². The zero-order chi connectivity index (χ0) is 15.3. The summed E-state index contributed by atoms with van der Waals surface area (Å²) in [5, 5.41) is 6.30. The zero-order valence-electron chi connectivity index (χ0n) is 13.1. The van der Waals surface area contributed by atoms with Crippen molar-refractivity contribution in [3.63, 3.8) is 0 Å². The molecule has 1 saturated heterocycles. The van der Waals surface area contributed by atoms with Gasteiger partial charge in [-0.15, -0.1) is 0 Å². The molecule has 2 rings (SSSR count). The summed E-state index contributed by atoms with van der Waals surface area (Å²) in [6.07, 6.45) is 0. The molecule has 0 atom stereocenters. The van der Waals surface area contributed by atoms with Gasteiger partial charge in [0.15, 0.2) is 0 Å². The van der Waals surface area contributed by atoms with Crippen LogP contribution in [-0.2, 0) is 4.79 Å². The molecule has 0 aliphatic carbocycles. The van der Waals surface area contributed by atoms with Crippen LogP contribution in [0.3, 0.4) is 0 Å². The Balaban J connectivity index is 2.03. The van der Waals surface area contributed by atoms with Gasteiger partial charge in [0.05, 0.1) is 12.1 Å². The molecule has 0 aromatic heterocycles. The third-order valence-electron chi connectivity index (χ3n) is 3.87. The van der Waals surface area contributed by atoms with E-state index in [1.807, 2.05) is 45.0 Å². The summed E-state index contributed by atoms with van der Waals surface area (Å²) in [5.41, 5.74) is 0.248. The van der Waals surface area contributed by atoms with E-state index in [9.17, 15) is 4.79 Å². The summed E-state index contributed by atoms with van der Waals surface area (Å²) in [6, 6.07) is 7.52. The third kappa shape index (κ3) is 3.95. The van der Waals surface area contributed by atoms with E-state index in [1.165, 1.54) is 0 Å². The number of hydrogen-bond acceptors (Lipinski definition) is 4.